The van der Waals surface area contributed by atoms with Crippen molar-refractivity contribution in [3.05, 3.63) is 46.8 Å². The maximum Gasteiger partial charge on any atom is 0.573 e. The van der Waals surface area contributed by atoms with Crippen molar-refractivity contribution in [1.29, 1.82) is 0 Å². The molecule has 0 saturated heterocycles. The number of nitrogens with zero attached hydrogens (tertiary/aromatic N) is 3. The highest BCUT2D eigenvalue weighted by atomic mass is 19.4. The standard InChI is InChI=1S/C20H28F3N5O/c1-6-24-19(26-13(2)11-17-14(3)27-28(5)15(17)4)25-12-16-9-7-8-10-18(16)29-20(21,22)23/h7-10,13H,6,11-12H2,1-5H3,(H2,24,25,26). The SMILES string of the molecule is CCNC(=NCc1ccccc1OC(F)(F)F)NC(C)Cc1c(C)nn(C)c1C. The van der Waals surface area contributed by atoms with Crippen LogP contribution < -0.4 is 15.4 Å². The Bertz CT molecular complexity index is 845. The van der Waals surface area contributed by atoms with E-state index in [0.717, 1.165) is 17.8 Å². The summed E-state index contributed by atoms with van der Waals surface area (Å²) >= 11 is 0. The number of hydrogen-bond acceptors (Lipinski definition) is 3. The predicted octanol–water partition coefficient (Wildman–Crippen LogP) is 3.62. The van der Waals surface area contributed by atoms with Crippen LogP contribution in [0.15, 0.2) is 29.3 Å². The van der Waals surface area contributed by atoms with Crippen LogP contribution in [0.4, 0.5) is 13.2 Å². The van der Waals surface area contributed by atoms with Crippen molar-refractivity contribution in [1.82, 2.24) is 20.4 Å². The summed E-state index contributed by atoms with van der Waals surface area (Å²) in [5.41, 5.74) is 3.62. The third-order valence-corrected chi connectivity index (χ3v) is 4.50. The average Bonchev–Trinajstić information content (AvgIpc) is 2.86. The van der Waals surface area contributed by atoms with Gasteiger partial charge in [0.1, 0.15) is 5.75 Å². The van der Waals surface area contributed by atoms with Crippen LogP contribution in [0.1, 0.15) is 36.4 Å². The maximum atomic E-state index is 12.6. The van der Waals surface area contributed by atoms with Crippen LogP contribution in [0.25, 0.3) is 0 Å². The van der Waals surface area contributed by atoms with Gasteiger partial charge in [0.2, 0.25) is 0 Å². The van der Waals surface area contributed by atoms with Gasteiger partial charge in [0.25, 0.3) is 0 Å². The van der Waals surface area contributed by atoms with Gasteiger partial charge in [-0.15, -0.1) is 13.2 Å². The monoisotopic (exact) mass is 411 g/mol. The molecule has 29 heavy (non-hydrogen) atoms. The Hall–Kier alpha value is -2.71. The molecule has 0 fully saturated rings. The minimum absolute atomic E-state index is 0.0519. The van der Waals surface area contributed by atoms with Gasteiger partial charge < -0.3 is 15.4 Å². The first-order valence-corrected chi connectivity index (χ1v) is 9.48. The topological polar surface area (TPSA) is 63.5 Å². The fourth-order valence-electron chi connectivity index (χ4n) is 3.05. The lowest BCUT2D eigenvalue weighted by Crippen LogP contribution is -2.43. The number of alkyl halides is 3. The molecule has 0 radical (unpaired) electrons. The van der Waals surface area contributed by atoms with Crippen LogP contribution >= 0.6 is 0 Å². The van der Waals surface area contributed by atoms with Crippen molar-refractivity contribution in [2.75, 3.05) is 6.54 Å². The Morgan fingerprint density at radius 2 is 1.97 bits per heavy atom. The summed E-state index contributed by atoms with van der Waals surface area (Å²) in [6.45, 7) is 8.64. The third kappa shape index (κ3) is 6.69. The summed E-state index contributed by atoms with van der Waals surface area (Å²) in [6.07, 6.45) is -3.99. The molecule has 0 aliphatic carbocycles. The second kappa shape index (κ2) is 9.67. The molecule has 1 unspecified atom stereocenters. The number of nitrogens with one attached hydrogen (secondary N) is 2. The molecule has 2 aromatic rings. The Morgan fingerprint density at radius 3 is 2.55 bits per heavy atom. The number of ether oxygens (including phenoxy) is 1. The average molecular weight is 411 g/mol. The van der Waals surface area contributed by atoms with Gasteiger partial charge >= 0.3 is 6.36 Å². The zero-order chi connectivity index (χ0) is 21.6. The molecule has 0 aliphatic rings. The largest absolute Gasteiger partial charge is 0.573 e. The molecule has 2 rings (SSSR count). The Morgan fingerprint density at radius 1 is 1.28 bits per heavy atom. The molecule has 0 spiro atoms. The molecule has 9 heteroatoms. The predicted molar refractivity (Wildman–Crippen MR) is 107 cm³/mol. The van der Waals surface area contributed by atoms with E-state index in [1.165, 1.54) is 17.7 Å². The van der Waals surface area contributed by atoms with Crippen molar-refractivity contribution in [2.24, 2.45) is 12.0 Å². The van der Waals surface area contributed by atoms with Gasteiger partial charge in [0, 0.05) is 30.9 Å². The molecular formula is C20H28F3N5O. The second-order valence-electron chi connectivity index (χ2n) is 6.87. The number of benzene rings is 1. The molecule has 6 nitrogen and oxygen atoms in total. The smallest absolute Gasteiger partial charge is 0.405 e. The molecule has 0 saturated carbocycles. The summed E-state index contributed by atoms with van der Waals surface area (Å²) in [6, 6.07) is 6.06. The highest BCUT2D eigenvalue weighted by Gasteiger charge is 2.31. The first kappa shape index (κ1) is 22.6. The van der Waals surface area contributed by atoms with E-state index >= 15 is 0 Å². The number of halogens is 3. The fraction of sp³-hybridized carbons (Fsp3) is 0.500. The highest BCUT2D eigenvalue weighted by molar-refractivity contribution is 5.80. The number of guanidine groups is 1. The van der Waals surface area contributed by atoms with E-state index in [9.17, 15) is 13.2 Å². The van der Waals surface area contributed by atoms with Crippen LogP contribution in [0.5, 0.6) is 5.75 Å². The lowest BCUT2D eigenvalue weighted by atomic mass is 10.1. The Kier molecular flexibility index (Phi) is 7.53. The van der Waals surface area contributed by atoms with E-state index in [0.29, 0.717) is 18.1 Å². The van der Waals surface area contributed by atoms with Gasteiger partial charge in [0.05, 0.1) is 12.2 Å². The van der Waals surface area contributed by atoms with Crippen LogP contribution in [-0.4, -0.2) is 34.7 Å². The number of aromatic nitrogens is 2. The van der Waals surface area contributed by atoms with Gasteiger partial charge in [-0.1, -0.05) is 18.2 Å². The Labute approximate surface area is 169 Å². The first-order chi connectivity index (χ1) is 13.6. The van der Waals surface area contributed by atoms with Crippen molar-refractivity contribution in [3.63, 3.8) is 0 Å². The minimum atomic E-state index is -4.74. The molecule has 0 amide bonds. The summed E-state index contributed by atoms with van der Waals surface area (Å²) in [4.78, 5) is 4.43. The minimum Gasteiger partial charge on any atom is -0.405 e. The first-order valence-electron chi connectivity index (χ1n) is 9.48. The number of aliphatic imine (C=N–C) groups is 1. The third-order valence-electron chi connectivity index (χ3n) is 4.50. The maximum absolute atomic E-state index is 12.6. The number of aryl methyl sites for hydroxylation is 2. The second-order valence-corrected chi connectivity index (χ2v) is 6.87. The molecule has 1 aromatic heterocycles. The van der Waals surface area contributed by atoms with E-state index in [1.54, 1.807) is 12.1 Å². The van der Waals surface area contributed by atoms with E-state index in [1.807, 2.05) is 39.4 Å². The molecule has 2 N–H and O–H groups in total. The highest BCUT2D eigenvalue weighted by Crippen LogP contribution is 2.26. The molecule has 1 heterocycles. The van der Waals surface area contributed by atoms with E-state index < -0.39 is 6.36 Å². The Balaban J connectivity index is 2.10. The number of rotatable bonds is 7. The van der Waals surface area contributed by atoms with Gasteiger partial charge in [-0.25, -0.2) is 4.99 Å². The lowest BCUT2D eigenvalue weighted by Gasteiger charge is -2.18. The van der Waals surface area contributed by atoms with E-state index in [-0.39, 0.29) is 18.3 Å². The van der Waals surface area contributed by atoms with Crippen LogP contribution in [0.2, 0.25) is 0 Å². The number of hydrogen-bond donors (Lipinski definition) is 2. The van der Waals surface area contributed by atoms with Gasteiger partial charge in [0.15, 0.2) is 5.96 Å². The van der Waals surface area contributed by atoms with Crippen molar-refractivity contribution in [3.8, 4) is 5.75 Å². The molecule has 0 bridgehead atoms. The normalized spacial score (nSPS) is 13.3. The van der Waals surface area contributed by atoms with Crippen LogP contribution in [0, 0.1) is 13.8 Å². The van der Waals surface area contributed by atoms with Gasteiger partial charge in [-0.2, -0.15) is 5.10 Å². The summed E-state index contributed by atoms with van der Waals surface area (Å²) < 4.78 is 43.7. The molecule has 160 valence electrons. The van der Waals surface area contributed by atoms with Crippen molar-refractivity contribution >= 4 is 5.96 Å². The van der Waals surface area contributed by atoms with E-state index in [2.05, 4.69) is 25.5 Å². The van der Waals surface area contributed by atoms with E-state index in [4.69, 9.17) is 0 Å². The fourth-order valence-corrected chi connectivity index (χ4v) is 3.05. The number of para-hydroxylation sites is 1. The summed E-state index contributed by atoms with van der Waals surface area (Å²) in [5.74, 6) is 0.287. The van der Waals surface area contributed by atoms with Crippen LogP contribution in [0.3, 0.4) is 0 Å². The molecular weight excluding hydrogens is 383 g/mol. The van der Waals surface area contributed by atoms with Gasteiger partial charge in [-0.05, 0) is 45.7 Å². The zero-order valence-electron chi connectivity index (χ0n) is 17.4. The van der Waals surface area contributed by atoms with Crippen LogP contribution in [-0.2, 0) is 20.0 Å². The molecule has 1 atom stereocenters. The lowest BCUT2D eigenvalue weighted by molar-refractivity contribution is -0.274. The molecule has 0 aliphatic heterocycles. The van der Waals surface area contributed by atoms with Crippen molar-refractivity contribution < 1.29 is 17.9 Å². The summed E-state index contributed by atoms with van der Waals surface area (Å²) in [7, 11) is 1.91. The summed E-state index contributed by atoms with van der Waals surface area (Å²) in [5, 5.41) is 10.9. The van der Waals surface area contributed by atoms with Gasteiger partial charge in [-0.3, -0.25) is 4.68 Å². The zero-order valence-corrected chi connectivity index (χ0v) is 17.4. The molecule has 1 aromatic carbocycles. The quantitative estimate of drug-likeness (QED) is 0.540. The van der Waals surface area contributed by atoms with Crippen molar-refractivity contribution in [2.45, 2.75) is 53.1 Å².